The smallest absolute Gasteiger partial charge is 0.241 e. The summed E-state index contributed by atoms with van der Waals surface area (Å²) in [5, 5.41) is 12.4. The Labute approximate surface area is 128 Å². The average Bonchev–Trinajstić information content (AvgIpc) is 2.99. The molecule has 1 unspecified atom stereocenters. The van der Waals surface area contributed by atoms with E-state index >= 15 is 0 Å². The second-order valence-electron chi connectivity index (χ2n) is 4.75. The first kappa shape index (κ1) is 15.7. The van der Waals surface area contributed by atoms with Crippen LogP contribution in [0.4, 0.5) is 5.95 Å². The lowest BCUT2D eigenvalue weighted by atomic mass is 10.0. The molecule has 2 heterocycles. The Hall–Kier alpha value is -1.73. The van der Waals surface area contributed by atoms with E-state index < -0.39 is 0 Å². The molecule has 2 aromatic rings. The van der Waals surface area contributed by atoms with E-state index in [1.807, 2.05) is 0 Å². The number of nitrogens with zero attached hydrogens (tertiary/aromatic N) is 5. The van der Waals surface area contributed by atoms with Gasteiger partial charge in [-0.05, 0) is 30.4 Å². The van der Waals surface area contributed by atoms with Crippen molar-refractivity contribution >= 4 is 17.5 Å². The van der Waals surface area contributed by atoms with Crippen molar-refractivity contribution in [3.05, 3.63) is 24.0 Å². The molecule has 1 atom stereocenters. The maximum absolute atomic E-state index is 9.07. The van der Waals surface area contributed by atoms with Crippen LogP contribution in [0, 0.1) is 5.92 Å². The highest BCUT2D eigenvalue weighted by molar-refractivity contribution is 6.28. The van der Waals surface area contributed by atoms with Gasteiger partial charge in [0.2, 0.25) is 17.2 Å². The predicted octanol–water partition coefficient (Wildman–Crippen LogP) is 1.92. The minimum atomic E-state index is 0.130. The second kappa shape index (κ2) is 7.90. The van der Waals surface area contributed by atoms with Gasteiger partial charge in [0.15, 0.2) is 0 Å². The minimum absolute atomic E-state index is 0.130. The highest BCUT2D eigenvalue weighted by atomic mass is 35.5. The Balaban J connectivity index is 2.06. The van der Waals surface area contributed by atoms with Gasteiger partial charge in [0.25, 0.3) is 0 Å². The molecule has 0 saturated heterocycles. The molecule has 8 heteroatoms. The van der Waals surface area contributed by atoms with E-state index in [4.69, 9.17) is 16.7 Å². The molecule has 114 valence electrons. The van der Waals surface area contributed by atoms with Crippen molar-refractivity contribution in [1.82, 2.24) is 24.5 Å². The first-order valence-electron chi connectivity index (χ1n) is 6.97. The van der Waals surface area contributed by atoms with Gasteiger partial charge in [0.1, 0.15) is 6.33 Å². The van der Waals surface area contributed by atoms with Crippen LogP contribution in [0.2, 0.25) is 5.28 Å². The fourth-order valence-electron chi connectivity index (χ4n) is 2.09. The van der Waals surface area contributed by atoms with E-state index in [-0.39, 0.29) is 11.9 Å². The Morgan fingerprint density at radius 1 is 1.33 bits per heavy atom. The van der Waals surface area contributed by atoms with Gasteiger partial charge in [-0.15, -0.1) is 0 Å². The Morgan fingerprint density at radius 3 is 2.86 bits per heavy atom. The van der Waals surface area contributed by atoms with Crippen LogP contribution in [0.3, 0.4) is 0 Å². The monoisotopic (exact) mass is 310 g/mol. The van der Waals surface area contributed by atoms with E-state index in [1.54, 1.807) is 23.3 Å². The molecule has 0 bridgehead atoms. The maximum Gasteiger partial charge on any atom is 0.241 e. The number of hydrogen-bond donors (Lipinski definition) is 2. The average molecular weight is 311 g/mol. The lowest BCUT2D eigenvalue weighted by molar-refractivity contribution is 0.255. The third kappa shape index (κ3) is 4.64. The normalized spacial score (nSPS) is 12.3. The van der Waals surface area contributed by atoms with Gasteiger partial charge in [0, 0.05) is 25.5 Å². The van der Waals surface area contributed by atoms with Crippen LogP contribution in [0.25, 0.3) is 5.95 Å². The molecular formula is C13H19ClN6O. The van der Waals surface area contributed by atoms with E-state index in [9.17, 15) is 0 Å². The van der Waals surface area contributed by atoms with Crippen molar-refractivity contribution in [2.45, 2.75) is 26.2 Å². The summed E-state index contributed by atoms with van der Waals surface area (Å²) in [6.45, 7) is 3.00. The first-order chi connectivity index (χ1) is 10.2. The van der Waals surface area contributed by atoms with E-state index in [0.29, 0.717) is 24.4 Å². The van der Waals surface area contributed by atoms with Crippen molar-refractivity contribution in [1.29, 1.82) is 0 Å². The van der Waals surface area contributed by atoms with Crippen molar-refractivity contribution in [2.75, 3.05) is 18.5 Å². The summed E-state index contributed by atoms with van der Waals surface area (Å²) in [6.07, 6.45) is 7.85. The molecule has 21 heavy (non-hydrogen) atoms. The lowest BCUT2D eigenvalue weighted by Gasteiger charge is -2.15. The third-order valence-electron chi connectivity index (χ3n) is 3.11. The van der Waals surface area contributed by atoms with Crippen molar-refractivity contribution in [2.24, 2.45) is 5.92 Å². The first-order valence-corrected chi connectivity index (χ1v) is 7.35. The van der Waals surface area contributed by atoms with Crippen LogP contribution >= 0.6 is 11.6 Å². The molecule has 2 aromatic heterocycles. The van der Waals surface area contributed by atoms with Crippen LogP contribution in [-0.2, 0) is 0 Å². The van der Waals surface area contributed by atoms with Crippen molar-refractivity contribution in [3.8, 4) is 5.95 Å². The molecule has 0 radical (unpaired) electrons. The summed E-state index contributed by atoms with van der Waals surface area (Å²) in [7, 11) is 0. The number of nitrogens with one attached hydrogen (secondary N) is 1. The zero-order valence-corrected chi connectivity index (χ0v) is 12.7. The summed E-state index contributed by atoms with van der Waals surface area (Å²) < 4.78 is 1.66. The van der Waals surface area contributed by atoms with Crippen molar-refractivity contribution in [3.63, 3.8) is 0 Å². The standard InChI is InChI=1S/C13H19ClN6O/c1-2-3-10(4-7-21)8-16-12-17-11(14)18-13(19-12)20-6-5-15-9-20/h5-6,9-10,21H,2-4,7-8H2,1H3,(H,16,17,18,19). The zero-order valence-electron chi connectivity index (χ0n) is 11.9. The number of aliphatic hydroxyl groups excluding tert-OH is 1. The highest BCUT2D eigenvalue weighted by Crippen LogP contribution is 2.13. The van der Waals surface area contributed by atoms with Gasteiger partial charge < -0.3 is 10.4 Å². The van der Waals surface area contributed by atoms with Crippen LogP contribution in [0.15, 0.2) is 18.7 Å². The van der Waals surface area contributed by atoms with Gasteiger partial charge in [-0.1, -0.05) is 13.3 Å². The maximum atomic E-state index is 9.07. The molecule has 2 N–H and O–H groups in total. The number of anilines is 1. The Kier molecular flexibility index (Phi) is 5.89. The third-order valence-corrected chi connectivity index (χ3v) is 3.28. The number of rotatable bonds is 8. The van der Waals surface area contributed by atoms with Crippen LogP contribution in [-0.4, -0.2) is 42.8 Å². The van der Waals surface area contributed by atoms with Crippen molar-refractivity contribution < 1.29 is 5.11 Å². The Bertz CT molecular complexity index is 542. The van der Waals surface area contributed by atoms with Crippen LogP contribution in [0.1, 0.15) is 26.2 Å². The SMILES string of the molecule is CCCC(CCO)CNc1nc(Cl)nc(-n2ccnc2)n1. The minimum Gasteiger partial charge on any atom is -0.396 e. The molecule has 0 aliphatic heterocycles. The van der Waals surface area contributed by atoms with Crippen LogP contribution in [0.5, 0.6) is 0 Å². The topological polar surface area (TPSA) is 88.8 Å². The molecule has 2 rings (SSSR count). The largest absolute Gasteiger partial charge is 0.396 e. The molecule has 0 spiro atoms. The van der Waals surface area contributed by atoms with Gasteiger partial charge in [-0.25, -0.2) is 4.98 Å². The quantitative estimate of drug-likeness (QED) is 0.774. The molecule has 0 saturated carbocycles. The molecule has 0 fully saturated rings. The molecule has 0 aromatic carbocycles. The molecule has 0 aliphatic carbocycles. The van der Waals surface area contributed by atoms with E-state index in [2.05, 4.69) is 32.2 Å². The van der Waals surface area contributed by atoms with Gasteiger partial charge in [0.05, 0.1) is 0 Å². The Morgan fingerprint density at radius 2 is 2.19 bits per heavy atom. The predicted molar refractivity (Wildman–Crippen MR) is 80.5 cm³/mol. The van der Waals surface area contributed by atoms with Gasteiger partial charge in [-0.3, -0.25) is 4.57 Å². The zero-order chi connectivity index (χ0) is 15.1. The number of hydrogen-bond acceptors (Lipinski definition) is 6. The fourth-order valence-corrected chi connectivity index (χ4v) is 2.24. The second-order valence-corrected chi connectivity index (χ2v) is 5.08. The molecular weight excluding hydrogens is 292 g/mol. The van der Waals surface area contributed by atoms with Crippen LogP contribution < -0.4 is 5.32 Å². The summed E-state index contributed by atoms with van der Waals surface area (Å²) in [5.74, 6) is 1.23. The summed E-state index contributed by atoms with van der Waals surface area (Å²) >= 11 is 5.93. The number of aromatic nitrogens is 5. The molecule has 7 nitrogen and oxygen atoms in total. The number of aliphatic hydroxyl groups is 1. The number of halogens is 1. The highest BCUT2D eigenvalue weighted by Gasteiger charge is 2.10. The number of imidazole rings is 1. The summed E-state index contributed by atoms with van der Waals surface area (Å²) in [6, 6.07) is 0. The van der Waals surface area contributed by atoms with Gasteiger partial charge >= 0.3 is 0 Å². The van der Waals surface area contributed by atoms with E-state index in [1.165, 1.54) is 0 Å². The molecule has 0 aliphatic rings. The summed E-state index contributed by atoms with van der Waals surface area (Å²) in [4.78, 5) is 16.4. The van der Waals surface area contributed by atoms with Gasteiger partial charge in [-0.2, -0.15) is 15.0 Å². The summed E-state index contributed by atoms with van der Waals surface area (Å²) in [5.41, 5.74) is 0. The lowest BCUT2D eigenvalue weighted by Crippen LogP contribution is -2.18. The molecule has 0 amide bonds. The fraction of sp³-hybridized carbons (Fsp3) is 0.538. The van der Waals surface area contributed by atoms with E-state index in [0.717, 1.165) is 19.3 Å².